The standard InChI is InChI=1S/C17H27N3/c1-13-11-20(12-17(13)19(2)3)16-8-9-18-10-14-6-4-5-7-15(14)16/h4-7,13,16-18H,8-12H2,1-3H3. The molecule has 3 heteroatoms. The lowest BCUT2D eigenvalue weighted by Gasteiger charge is -2.29. The van der Waals surface area contributed by atoms with E-state index < -0.39 is 0 Å². The molecular weight excluding hydrogens is 246 g/mol. The molecule has 2 aliphatic heterocycles. The Morgan fingerprint density at radius 3 is 2.75 bits per heavy atom. The first kappa shape index (κ1) is 14.1. The van der Waals surface area contributed by atoms with E-state index in [1.54, 1.807) is 5.56 Å². The van der Waals surface area contributed by atoms with Crippen LogP contribution in [0.2, 0.25) is 0 Å². The van der Waals surface area contributed by atoms with E-state index in [-0.39, 0.29) is 0 Å². The SMILES string of the molecule is CC1CN(C2CCNCc3ccccc32)CC1N(C)C. The third kappa shape index (κ3) is 2.62. The minimum atomic E-state index is 0.591. The van der Waals surface area contributed by atoms with Gasteiger partial charge in [-0.15, -0.1) is 0 Å². The summed E-state index contributed by atoms with van der Waals surface area (Å²) in [5.41, 5.74) is 3.03. The van der Waals surface area contributed by atoms with Crippen molar-refractivity contribution in [2.75, 3.05) is 33.7 Å². The number of likely N-dealkylation sites (tertiary alicyclic amines) is 1. The van der Waals surface area contributed by atoms with E-state index in [4.69, 9.17) is 0 Å². The van der Waals surface area contributed by atoms with Crippen molar-refractivity contribution in [2.45, 2.75) is 32.0 Å². The fourth-order valence-electron chi connectivity index (χ4n) is 3.93. The first-order chi connectivity index (χ1) is 9.66. The third-order valence-electron chi connectivity index (χ3n) is 5.03. The first-order valence-corrected chi connectivity index (χ1v) is 7.86. The van der Waals surface area contributed by atoms with Crippen molar-refractivity contribution in [2.24, 2.45) is 5.92 Å². The van der Waals surface area contributed by atoms with Crippen LogP contribution in [0.1, 0.15) is 30.5 Å². The molecule has 1 fully saturated rings. The number of nitrogens with one attached hydrogen (secondary N) is 1. The van der Waals surface area contributed by atoms with Crippen LogP contribution in [0.4, 0.5) is 0 Å². The Morgan fingerprint density at radius 2 is 2.00 bits per heavy atom. The van der Waals surface area contributed by atoms with Gasteiger partial charge in [0.05, 0.1) is 0 Å². The monoisotopic (exact) mass is 273 g/mol. The second-order valence-corrected chi connectivity index (χ2v) is 6.64. The number of fused-ring (bicyclic) bond motifs is 1. The maximum atomic E-state index is 3.56. The number of likely N-dealkylation sites (N-methyl/N-ethyl adjacent to an activating group) is 1. The summed E-state index contributed by atoms with van der Waals surface area (Å²) in [6.45, 7) is 6.96. The van der Waals surface area contributed by atoms with Gasteiger partial charge in [0.2, 0.25) is 0 Å². The van der Waals surface area contributed by atoms with Gasteiger partial charge in [-0.1, -0.05) is 31.2 Å². The Morgan fingerprint density at radius 1 is 1.20 bits per heavy atom. The van der Waals surface area contributed by atoms with Crippen molar-refractivity contribution >= 4 is 0 Å². The summed E-state index contributed by atoms with van der Waals surface area (Å²) < 4.78 is 0. The number of rotatable bonds is 2. The van der Waals surface area contributed by atoms with Crippen molar-refractivity contribution in [1.82, 2.24) is 15.1 Å². The molecule has 3 rings (SSSR count). The summed E-state index contributed by atoms with van der Waals surface area (Å²) in [7, 11) is 4.43. The summed E-state index contributed by atoms with van der Waals surface area (Å²) in [4.78, 5) is 5.10. The third-order valence-corrected chi connectivity index (χ3v) is 5.03. The average Bonchev–Trinajstić information content (AvgIpc) is 2.70. The summed E-state index contributed by atoms with van der Waals surface area (Å²) in [5, 5.41) is 3.56. The molecule has 2 aliphatic rings. The molecule has 2 heterocycles. The van der Waals surface area contributed by atoms with Crippen LogP contribution >= 0.6 is 0 Å². The highest BCUT2D eigenvalue weighted by Gasteiger charge is 2.36. The van der Waals surface area contributed by atoms with Crippen molar-refractivity contribution in [1.29, 1.82) is 0 Å². The second kappa shape index (κ2) is 5.84. The van der Waals surface area contributed by atoms with Gasteiger partial charge in [0.25, 0.3) is 0 Å². The van der Waals surface area contributed by atoms with Crippen LogP contribution in [0.3, 0.4) is 0 Å². The maximum Gasteiger partial charge on any atom is 0.0364 e. The van der Waals surface area contributed by atoms with E-state index >= 15 is 0 Å². The van der Waals surface area contributed by atoms with Gasteiger partial charge in [-0.25, -0.2) is 0 Å². The number of benzene rings is 1. The maximum absolute atomic E-state index is 3.56. The van der Waals surface area contributed by atoms with Crippen LogP contribution in [0, 0.1) is 5.92 Å². The molecule has 1 N–H and O–H groups in total. The highest BCUT2D eigenvalue weighted by molar-refractivity contribution is 5.31. The minimum Gasteiger partial charge on any atom is -0.313 e. The van der Waals surface area contributed by atoms with E-state index in [0.717, 1.165) is 19.0 Å². The minimum absolute atomic E-state index is 0.591. The molecule has 0 aliphatic carbocycles. The lowest BCUT2D eigenvalue weighted by atomic mass is 9.98. The quantitative estimate of drug-likeness (QED) is 0.890. The Bertz CT molecular complexity index is 457. The van der Waals surface area contributed by atoms with E-state index in [9.17, 15) is 0 Å². The van der Waals surface area contributed by atoms with E-state index in [0.29, 0.717) is 12.1 Å². The van der Waals surface area contributed by atoms with Gasteiger partial charge < -0.3 is 10.2 Å². The summed E-state index contributed by atoms with van der Waals surface area (Å²) >= 11 is 0. The Kier molecular flexibility index (Phi) is 4.11. The molecule has 110 valence electrons. The molecule has 1 saturated heterocycles. The highest BCUT2D eigenvalue weighted by Crippen LogP contribution is 2.34. The Labute approximate surface area is 123 Å². The van der Waals surface area contributed by atoms with Crippen LogP contribution in [0.5, 0.6) is 0 Å². The summed E-state index contributed by atoms with van der Waals surface area (Å²) in [6.07, 6.45) is 1.23. The molecule has 1 aromatic carbocycles. The average molecular weight is 273 g/mol. The largest absolute Gasteiger partial charge is 0.313 e. The Balaban J connectivity index is 1.84. The smallest absolute Gasteiger partial charge is 0.0364 e. The molecule has 0 amide bonds. The molecule has 20 heavy (non-hydrogen) atoms. The number of hydrogen-bond acceptors (Lipinski definition) is 3. The van der Waals surface area contributed by atoms with Crippen molar-refractivity contribution < 1.29 is 0 Å². The zero-order valence-electron chi connectivity index (χ0n) is 13.0. The molecule has 3 atom stereocenters. The van der Waals surface area contributed by atoms with Crippen LogP contribution < -0.4 is 5.32 Å². The fraction of sp³-hybridized carbons (Fsp3) is 0.647. The first-order valence-electron chi connectivity index (χ1n) is 7.86. The van der Waals surface area contributed by atoms with E-state index in [1.807, 2.05) is 0 Å². The molecular formula is C17H27N3. The lowest BCUT2D eigenvalue weighted by Crippen LogP contribution is -2.35. The topological polar surface area (TPSA) is 18.5 Å². The molecule has 0 bridgehead atoms. The number of nitrogens with zero attached hydrogens (tertiary/aromatic N) is 2. The van der Waals surface area contributed by atoms with Gasteiger partial charge in [0.15, 0.2) is 0 Å². The van der Waals surface area contributed by atoms with Crippen molar-refractivity contribution in [3.05, 3.63) is 35.4 Å². The van der Waals surface area contributed by atoms with Gasteiger partial charge in [-0.05, 0) is 44.1 Å². The second-order valence-electron chi connectivity index (χ2n) is 6.64. The summed E-state index contributed by atoms with van der Waals surface area (Å²) in [6, 6.07) is 10.3. The fourth-order valence-corrected chi connectivity index (χ4v) is 3.93. The lowest BCUT2D eigenvalue weighted by molar-refractivity contribution is 0.209. The van der Waals surface area contributed by atoms with Gasteiger partial charge in [0.1, 0.15) is 0 Å². The predicted molar refractivity (Wildman–Crippen MR) is 83.7 cm³/mol. The molecule has 0 saturated carbocycles. The zero-order chi connectivity index (χ0) is 14.1. The molecule has 3 unspecified atom stereocenters. The highest BCUT2D eigenvalue weighted by atomic mass is 15.3. The van der Waals surface area contributed by atoms with Crippen LogP contribution in [-0.4, -0.2) is 49.6 Å². The number of hydrogen-bond donors (Lipinski definition) is 1. The van der Waals surface area contributed by atoms with Gasteiger partial charge in [0, 0.05) is 31.7 Å². The molecule has 3 nitrogen and oxygen atoms in total. The molecule has 1 aromatic rings. The molecule has 0 spiro atoms. The van der Waals surface area contributed by atoms with Crippen molar-refractivity contribution in [3.63, 3.8) is 0 Å². The van der Waals surface area contributed by atoms with E-state index in [2.05, 4.69) is 60.4 Å². The van der Waals surface area contributed by atoms with Crippen molar-refractivity contribution in [3.8, 4) is 0 Å². The van der Waals surface area contributed by atoms with Crippen LogP contribution in [-0.2, 0) is 6.54 Å². The Hall–Kier alpha value is -0.900. The molecule has 0 aromatic heterocycles. The zero-order valence-corrected chi connectivity index (χ0v) is 13.0. The van der Waals surface area contributed by atoms with Gasteiger partial charge >= 0.3 is 0 Å². The normalized spacial score (nSPS) is 31.3. The van der Waals surface area contributed by atoms with Gasteiger partial charge in [-0.2, -0.15) is 0 Å². The van der Waals surface area contributed by atoms with Gasteiger partial charge in [-0.3, -0.25) is 4.90 Å². The predicted octanol–water partition coefficient (Wildman–Crippen LogP) is 2.10. The van der Waals surface area contributed by atoms with E-state index in [1.165, 1.54) is 25.1 Å². The van der Waals surface area contributed by atoms with Crippen LogP contribution in [0.15, 0.2) is 24.3 Å². The van der Waals surface area contributed by atoms with Crippen LogP contribution in [0.25, 0.3) is 0 Å². The molecule has 0 radical (unpaired) electrons. The summed E-state index contributed by atoms with van der Waals surface area (Å²) in [5.74, 6) is 0.758.